The van der Waals surface area contributed by atoms with Crippen molar-refractivity contribution in [3.8, 4) is 0 Å². The van der Waals surface area contributed by atoms with E-state index < -0.39 is 160 Å². The number of nitrogens with zero attached hydrogens (tertiary/aromatic N) is 8. The van der Waals surface area contributed by atoms with Gasteiger partial charge in [0.2, 0.25) is 59.1 Å². The summed E-state index contributed by atoms with van der Waals surface area (Å²) < 4.78 is 0. The van der Waals surface area contributed by atoms with Crippen LogP contribution in [0, 0.1) is 35.5 Å². The largest absolute Gasteiger partial charge is 0.390 e. The monoisotopic (exact) mass is 1380 g/mol. The number of aliphatic hydroxyl groups excluding tert-OH is 1. The van der Waals surface area contributed by atoms with Crippen molar-refractivity contribution in [2.45, 2.75) is 260 Å². The molecule has 0 saturated carbocycles. The number of carbonyl (C=O) groups is 11. The van der Waals surface area contributed by atoms with Crippen LogP contribution in [0.1, 0.15) is 183 Å². The third kappa shape index (κ3) is 25.8. The maximum atomic E-state index is 15.4. The van der Waals surface area contributed by atoms with Gasteiger partial charge in [-0.2, -0.15) is 0 Å². The number of unbranched alkanes of at least 4 members (excludes halogenated alkanes) is 1. The Labute approximate surface area is 580 Å². The molecule has 0 unspecified atom stereocenters. The molecule has 1 fully saturated rings. The number of nitrogens with one attached hydrogen (secondary N) is 4. The topological polar surface area (TPSA) is 302 Å². The van der Waals surface area contributed by atoms with Crippen LogP contribution in [-0.4, -0.2) is 267 Å². The van der Waals surface area contributed by atoms with Crippen LogP contribution in [0.15, 0.2) is 12.2 Å². The summed E-state index contributed by atoms with van der Waals surface area (Å²) >= 11 is 1.15. The normalized spacial score (nSPS) is 26.2. The molecule has 0 spiro atoms. The summed E-state index contributed by atoms with van der Waals surface area (Å²) in [5.74, 6) is -9.89. The number of likely N-dealkylation sites (N-methyl/N-ethyl adjacent to an activating group) is 7. The van der Waals surface area contributed by atoms with Gasteiger partial charge in [0.15, 0.2) is 5.37 Å². The summed E-state index contributed by atoms with van der Waals surface area (Å²) in [6, 6.07) is -13.1. The van der Waals surface area contributed by atoms with Gasteiger partial charge in [-0.25, -0.2) is 0 Å². The molecule has 96 heavy (non-hydrogen) atoms. The Balaban J connectivity index is 4.58. The van der Waals surface area contributed by atoms with E-state index in [9.17, 15) is 29.4 Å². The molecule has 1 heterocycles. The molecule has 0 aromatic rings. The quantitative estimate of drug-likeness (QED) is 0.0604. The second-order valence-electron chi connectivity index (χ2n) is 29.1. The number of aliphatic hydroxyl groups is 2. The zero-order valence-electron chi connectivity index (χ0n) is 63.4. The van der Waals surface area contributed by atoms with Crippen molar-refractivity contribution in [2.24, 2.45) is 35.5 Å². The Bertz CT molecular complexity index is 2600. The average molecular weight is 1380 g/mol. The van der Waals surface area contributed by atoms with Crippen molar-refractivity contribution in [1.82, 2.24) is 60.5 Å². The molecule has 0 aromatic carbocycles. The summed E-state index contributed by atoms with van der Waals surface area (Å²) in [6.07, 6.45) is 3.75. The zero-order valence-corrected chi connectivity index (χ0v) is 64.2. The third-order valence-corrected chi connectivity index (χ3v) is 19.6. The van der Waals surface area contributed by atoms with E-state index in [1.54, 1.807) is 54.5 Å². The molecule has 0 radical (unpaired) electrons. The molecule has 0 bridgehead atoms. The lowest BCUT2D eigenvalue weighted by Crippen LogP contribution is -2.64. The van der Waals surface area contributed by atoms with Gasteiger partial charge in [0, 0.05) is 55.8 Å². The maximum Gasteiger partial charge on any atom is 0.256 e. The molecule has 26 heteroatoms. The minimum atomic E-state index is -1.66. The Hall–Kier alpha value is -5.86. The van der Waals surface area contributed by atoms with Crippen molar-refractivity contribution in [3.63, 3.8) is 0 Å². The number of thioether (sulfide) groups is 1. The Morgan fingerprint density at radius 1 is 0.510 bits per heavy atom. The first-order valence-corrected chi connectivity index (χ1v) is 35.9. The summed E-state index contributed by atoms with van der Waals surface area (Å²) in [5, 5.41) is 33.5. The molecule has 25 nitrogen and oxygen atoms in total. The number of rotatable bonds is 23. The molecule has 1 aliphatic heterocycles. The molecule has 6 N–H and O–H groups in total. The van der Waals surface area contributed by atoms with E-state index >= 15 is 33.6 Å². The van der Waals surface area contributed by atoms with Crippen LogP contribution in [0.4, 0.5) is 0 Å². The summed E-state index contributed by atoms with van der Waals surface area (Å²) in [6.45, 7) is 35.6. The van der Waals surface area contributed by atoms with Crippen molar-refractivity contribution < 1.29 is 63.0 Å². The summed E-state index contributed by atoms with van der Waals surface area (Å²) in [5.41, 5.74) is -1.58. The van der Waals surface area contributed by atoms with E-state index in [0.29, 0.717) is 12.2 Å². The molecule has 0 aliphatic carbocycles. The Morgan fingerprint density at radius 2 is 0.969 bits per heavy atom. The highest BCUT2D eigenvalue weighted by atomic mass is 32.2. The van der Waals surface area contributed by atoms with E-state index in [1.165, 1.54) is 102 Å². The van der Waals surface area contributed by atoms with Gasteiger partial charge in [-0.3, -0.25) is 52.7 Å². The fraction of sp³-hybridized carbons (Fsp3) is 0.814. The average Bonchev–Trinajstić information content (AvgIpc) is 0.829. The first-order chi connectivity index (χ1) is 44.4. The van der Waals surface area contributed by atoms with Crippen LogP contribution >= 0.6 is 11.8 Å². The number of hydrogen-bond donors (Lipinski definition) is 6. The van der Waals surface area contributed by atoms with Gasteiger partial charge in [-0.15, -0.1) is 11.8 Å². The fourth-order valence-corrected chi connectivity index (χ4v) is 13.3. The van der Waals surface area contributed by atoms with E-state index in [-0.39, 0.29) is 56.3 Å². The molecule has 13 atom stereocenters. The minimum Gasteiger partial charge on any atom is -0.390 e. The molecule has 552 valence electrons. The first kappa shape index (κ1) is 88.2. The van der Waals surface area contributed by atoms with Crippen LogP contribution in [-0.2, 0) is 52.7 Å². The Kier molecular flexibility index (Phi) is 37.5. The lowest BCUT2D eigenvalue weighted by atomic mass is 9.91. The predicted molar refractivity (Wildman–Crippen MR) is 378 cm³/mol. The fourth-order valence-electron chi connectivity index (χ4n) is 12.1. The highest BCUT2D eigenvalue weighted by Gasteiger charge is 2.47. The van der Waals surface area contributed by atoms with Gasteiger partial charge >= 0.3 is 0 Å². The second kappa shape index (κ2) is 40.9. The molecule has 1 rings (SSSR count). The van der Waals surface area contributed by atoms with Crippen LogP contribution in [0.2, 0.25) is 0 Å². The van der Waals surface area contributed by atoms with Crippen LogP contribution in [0.3, 0.4) is 0 Å². The van der Waals surface area contributed by atoms with E-state index in [2.05, 4.69) is 40.0 Å². The number of allylic oxidation sites excluding steroid dienone is 2. The molecule has 1 saturated heterocycles. The van der Waals surface area contributed by atoms with Crippen LogP contribution in [0.5, 0.6) is 0 Å². The summed E-state index contributed by atoms with van der Waals surface area (Å²) in [4.78, 5) is 175. The maximum absolute atomic E-state index is 15.4. The second-order valence-corrected chi connectivity index (χ2v) is 30.3. The zero-order chi connectivity index (χ0) is 74.3. The molecular weight excluding hydrogens is 1250 g/mol. The highest BCUT2D eigenvalue weighted by molar-refractivity contribution is 8.00. The van der Waals surface area contributed by atoms with Gasteiger partial charge in [0.25, 0.3) is 5.91 Å². The number of hydrogen-bond acceptors (Lipinski definition) is 15. The number of amides is 11. The van der Waals surface area contributed by atoms with Crippen molar-refractivity contribution >= 4 is 76.7 Å². The van der Waals surface area contributed by atoms with Crippen molar-refractivity contribution in [1.29, 1.82) is 0 Å². The molecule has 0 aromatic heterocycles. The van der Waals surface area contributed by atoms with Crippen molar-refractivity contribution in [3.05, 3.63) is 12.2 Å². The van der Waals surface area contributed by atoms with E-state index in [1.807, 2.05) is 47.6 Å². The van der Waals surface area contributed by atoms with Crippen LogP contribution in [0.25, 0.3) is 0 Å². The predicted octanol–water partition coefficient (Wildman–Crippen LogP) is 4.57. The van der Waals surface area contributed by atoms with Gasteiger partial charge in [-0.1, -0.05) is 109 Å². The van der Waals surface area contributed by atoms with Gasteiger partial charge in [0.05, 0.1) is 11.7 Å². The minimum absolute atomic E-state index is 0.0261. The highest BCUT2D eigenvalue weighted by Crippen LogP contribution is 2.28. The Morgan fingerprint density at radius 3 is 1.44 bits per heavy atom. The van der Waals surface area contributed by atoms with E-state index in [0.717, 1.165) is 47.6 Å². The lowest BCUT2D eigenvalue weighted by Gasteiger charge is -2.41. The lowest BCUT2D eigenvalue weighted by molar-refractivity contribution is -0.157. The van der Waals surface area contributed by atoms with E-state index in [4.69, 9.17) is 0 Å². The van der Waals surface area contributed by atoms with Crippen LogP contribution < -0.4 is 21.3 Å². The van der Waals surface area contributed by atoms with Gasteiger partial charge < -0.3 is 70.7 Å². The summed E-state index contributed by atoms with van der Waals surface area (Å²) in [7, 11) is 9.89. The standard InChI is InChI=1S/C70H128N12O13S/c1-27-31-34-46(15)57(83)56-61(87)73-49(28-2)63(89)81(26)69(96-36-33-32-35-82(29-3)30-4)68(94)78(23)53(40-70(18,19)95)60(86)74-54(44(11)12)66(92)75(20)50(37-41(5)6)59(85)71-47(16)58(84)72-48(17)62(88)76(21)51(38-42(7)8)64(90)77(22)52(39-43(9)10)65(91)79(24)55(45(13)14)67(93)80(56)25/h27,31,41-57,69,83,95H,28-30,32-40H2,1-26H3,(H,71,85)(H,72,84)(H,73,87)(H,74,86)/b31-27+/t46-,47+,48-,49+,50+,51+,52+,53+,54+,55+,56+,57-,69-/m1/s1. The molecule has 11 amide bonds. The smallest absolute Gasteiger partial charge is 0.256 e. The molecule has 1 aliphatic rings. The van der Waals surface area contributed by atoms with Gasteiger partial charge in [-0.05, 0) is 140 Å². The third-order valence-electron chi connectivity index (χ3n) is 18.2. The van der Waals surface area contributed by atoms with Gasteiger partial charge in [0.1, 0.15) is 60.4 Å². The first-order valence-electron chi connectivity index (χ1n) is 34.8. The number of carbonyl (C=O) groups excluding carboxylic acids is 11. The molecular formula is C70H128N12O13S. The SMILES string of the molecule is C/C=C/C[C@@H](C)[C@@H](O)[C@H]1C(=O)N[C@@H](CC)C(=O)N(C)[C@H](SCCCCN(CC)CC)C(=O)N(C)[C@@H](CC(C)(C)O)C(=O)N[C@@H](C(C)C)C(=O)N(C)[C@@H](CC(C)C)C(=O)N[C@@H](C)C(=O)N[C@H](C)C(=O)N(C)[C@@H](CC(C)C)C(=O)N(C)[C@@H](CC(C)C)C(=O)N(C)[C@@H](C(C)C)C(=O)N1C. The van der Waals surface area contributed by atoms with Crippen molar-refractivity contribution in [2.75, 3.05) is 74.7 Å².